The van der Waals surface area contributed by atoms with Crippen LogP contribution in [0.3, 0.4) is 0 Å². The summed E-state index contributed by atoms with van der Waals surface area (Å²) < 4.78 is 7.94. The first-order valence-electron chi connectivity index (χ1n) is 7.04. The summed E-state index contributed by atoms with van der Waals surface area (Å²) in [5.41, 5.74) is 1.84. The van der Waals surface area contributed by atoms with Crippen LogP contribution in [0.5, 0.6) is 11.6 Å². The van der Waals surface area contributed by atoms with Gasteiger partial charge in [-0.1, -0.05) is 46.3 Å². The first-order valence-corrected chi connectivity index (χ1v) is 8.71. The van der Waals surface area contributed by atoms with Gasteiger partial charge in [0.2, 0.25) is 5.88 Å². The van der Waals surface area contributed by atoms with Crippen molar-refractivity contribution in [2.45, 2.75) is 0 Å². The van der Waals surface area contributed by atoms with Crippen LogP contribution in [0.4, 0.5) is 0 Å². The molecule has 5 heteroatoms. The van der Waals surface area contributed by atoms with Gasteiger partial charge in [0.05, 0.1) is 5.52 Å². The zero-order valence-electron chi connectivity index (χ0n) is 11.9. The van der Waals surface area contributed by atoms with Crippen molar-refractivity contribution in [1.29, 1.82) is 0 Å². The van der Waals surface area contributed by atoms with Crippen LogP contribution in [0, 0.1) is 0 Å². The number of aromatic nitrogens is 2. The number of halogens is 1. The summed E-state index contributed by atoms with van der Waals surface area (Å²) in [7, 11) is 0. The molecule has 0 aliphatic rings. The Kier molecular flexibility index (Phi) is 3.81. The average Bonchev–Trinajstić information content (AvgIpc) is 3.05. The highest BCUT2D eigenvalue weighted by Gasteiger charge is 2.12. The summed E-state index contributed by atoms with van der Waals surface area (Å²) in [6.45, 7) is 0. The molecule has 2 aromatic heterocycles. The Labute approximate surface area is 145 Å². The van der Waals surface area contributed by atoms with Crippen molar-refractivity contribution in [3.8, 4) is 23.0 Å². The highest BCUT2D eigenvalue weighted by Crippen LogP contribution is 2.33. The van der Waals surface area contributed by atoms with Gasteiger partial charge < -0.3 is 4.74 Å². The van der Waals surface area contributed by atoms with Gasteiger partial charge in [0.15, 0.2) is 5.82 Å². The van der Waals surface area contributed by atoms with E-state index in [9.17, 15) is 0 Å². The van der Waals surface area contributed by atoms with Crippen LogP contribution < -0.4 is 4.74 Å². The molecule has 23 heavy (non-hydrogen) atoms. The van der Waals surface area contributed by atoms with Gasteiger partial charge in [-0.2, -0.15) is 4.98 Å². The topological polar surface area (TPSA) is 35.0 Å². The Morgan fingerprint density at radius 3 is 2.61 bits per heavy atom. The van der Waals surface area contributed by atoms with Gasteiger partial charge in [-0.05, 0) is 35.7 Å². The maximum atomic E-state index is 5.99. The standard InChI is InChI=1S/C18H11BrN2OS/c19-13-6-4-5-12(11-13)17-20-15-9-10-23-16(15)18(21-17)22-14-7-2-1-3-8-14/h1-11H. The fraction of sp³-hybridized carbons (Fsp3) is 0. The Bertz CT molecular complexity index is 969. The van der Waals surface area contributed by atoms with E-state index in [0.29, 0.717) is 11.7 Å². The van der Waals surface area contributed by atoms with E-state index in [0.717, 1.165) is 26.0 Å². The van der Waals surface area contributed by atoms with Gasteiger partial charge in [0, 0.05) is 10.0 Å². The van der Waals surface area contributed by atoms with E-state index in [2.05, 4.69) is 25.9 Å². The maximum Gasteiger partial charge on any atom is 0.240 e. The maximum absolute atomic E-state index is 5.99. The van der Waals surface area contributed by atoms with Crippen LogP contribution in [0.1, 0.15) is 0 Å². The molecular formula is C18H11BrN2OS. The molecule has 0 aliphatic carbocycles. The van der Waals surface area contributed by atoms with E-state index >= 15 is 0 Å². The van der Waals surface area contributed by atoms with Crippen LogP contribution in [-0.4, -0.2) is 9.97 Å². The molecule has 0 unspecified atom stereocenters. The molecule has 2 aromatic carbocycles. The number of ether oxygens (including phenoxy) is 1. The van der Waals surface area contributed by atoms with E-state index in [-0.39, 0.29) is 0 Å². The first kappa shape index (κ1) is 14.4. The smallest absolute Gasteiger partial charge is 0.240 e. The molecule has 0 spiro atoms. The molecule has 0 radical (unpaired) electrons. The highest BCUT2D eigenvalue weighted by molar-refractivity contribution is 9.10. The van der Waals surface area contributed by atoms with E-state index in [1.165, 1.54) is 0 Å². The van der Waals surface area contributed by atoms with Crippen molar-refractivity contribution in [2.24, 2.45) is 0 Å². The largest absolute Gasteiger partial charge is 0.437 e. The molecule has 2 heterocycles. The lowest BCUT2D eigenvalue weighted by molar-refractivity contribution is 0.470. The van der Waals surface area contributed by atoms with Crippen molar-refractivity contribution in [2.75, 3.05) is 0 Å². The van der Waals surface area contributed by atoms with Gasteiger partial charge in [0.25, 0.3) is 0 Å². The quantitative estimate of drug-likeness (QED) is 0.441. The van der Waals surface area contributed by atoms with Gasteiger partial charge in [0.1, 0.15) is 10.4 Å². The van der Waals surface area contributed by atoms with Gasteiger partial charge in [-0.15, -0.1) is 11.3 Å². The fourth-order valence-corrected chi connectivity index (χ4v) is 3.42. The van der Waals surface area contributed by atoms with Crippen molar-refractivity contribution in [1.82, 2.24) is 9.97 Å². The SMILES string of the molecule is Brc1cccc(-c2nc(Oc3ccccc3)c3sccc3n2)c1. The number of hydrogen-bond acceptors (Lipinski definition) is 4. The Morgan fingerprint density at radius 2 is 1.78 bits per heavy atom. The normalized spacial score (nSPS) is 10.8. The lowest BCUT2D eigenvalue weighted by Crippen LogP contribution is -1.94. The number of para-hydroxylation sites is 1. The third-order valence-electron chi connectivity index (χ3n) is 3.31. The van der Waals surface area contributed by atoms with E-state index in [1.54, 1.807) is 11.3 Å². The van der Waals surface area contributed by atoms with Crippen molar-refractivity contribution in [3.05, 3.63) is 70.5 Å². The van der Waals surface area contributed by atoms with Crippen LogP contribution in [0.25, 0.3) is 21.6 Å². The molecule has 0 atom stereocenters. The number of fused-ring (bicyclic) bond motifs is 1. The van der Waals surface area contributed by atoms with E-state index in [4.69, 9.17) is 4.74 Å². The molecule has 4 rings (SSSR count). The molecule has 0 aliphatic heterocycles. The molecule has 0 saturated carbocycles. The second-order valence-corrected chi connectivity index (χ2v) is 6.74. The van der Waals surface area contributed by atoms with Crippen LogP contribution in [0.15, 0.2) is 70.5 Å². The molecule has 0 saturated heterocycles. The molecular weight excluding hydrogens is 372 g/mol. The first-order chi connectivity index (χ1) is 11.3. The zero-order chi connectivity index (χ0) is 15.6. The van der Waals surface area contributed by atoms with Crippen molar-refractivity contribution < 1.29 is 4.74 Å². The minimum absolute atomic E-state index is 0.589. The summed E-state index contributed by atoms with van der Waals surface area (Å²) in [6.07, 6.45) is 0. The fourth-order valence-electron chi connectivity index (χ4n) is 2.26. The summed E-state index contributed by atoms with van der Waals surface area (Å²) in [5.74, 6) is 2.01. The minimum atomic E-state index is 0.589. The molecule has 4 aromatic rings. The van der Waals surface area contributed by atoms with Crippen molar-refractivity contribution >= 4 is 37.5 Å². The lowest BCUT2D eigenvalue weighted by atomic mass is 10.2. The summed E-state index contributed by atoms with van der Waals surface area (Å²) in [4.78, 5) is 9.28. The monoisotopic (exact) mass is 382 g/mol. The Morgan fingerprint density at radius 1 is 0.913 bits per heavy atom. The molecule has 3 nitrogen and oxygen atoms in total. The Balaban J connectivity index is 1.84. The molecule has 112 valence electrons. The van der Waals surface area contributed by atoms with Crippen LogP contribution in [-0.2, 0) is 0 Å². The highest BCUT2D eigenvalue weighted by atomic mass is 79.9. The van der Waals surface area contributed by atoms with Gasteiger partial charge in [-0.25, -0.2) is 4.98 Å². The minimum Gasteiger partial charge on any atom is -0.437 e. The predicted octanol–water partition coefficient (Wildman–Crippen LogP) is 5.91. The predicted molar refractivity (Wildman–Crippen MR) is 97.1 cm³/mol. The second-order valence-electron chi connectivity index (χ2n) is 4.91. The molecule has 0 fully saturated rings. The third kappa shape index (κ3) is 2.98. The van der Waals surface area contributed by atoms with Gasteiger partial charge >= 0.3 is 0 Å². The number of benzene rings is 2. The van der Waals surface area contributed by atoms with E-state index in [1.807, 2.05) is 66.0 Å². The molecule has 0 bridgehead atoms. The molecule has 0 amide bonds. The Hall–Kier alpha value is -2.24. The van der Waals surface area contributed by atoms with E-state index < -0.39 is 0 Å². The second kappa shape index (κ2) is 6.10. The molecule has 0 N–H and O–H groups in total. The number of nitrogens with zero attached hydrogens (tertiary/aromatic N) is 2. The van der Waals surface area contributed by atoms with Crippen LogP contribution >= 0.6 is 27.3 Å². The number of hydrogen-bond donors (Lipinski definition) is 0. The summed E-state index contributed by atoms with van der Waals surface area (Å²) in [6, 6.07) is 19.6. The lowest BCUT2D eigenvalue weighted by Gasteiger charge is -2.08. The summed E-state index contributed by atoms with van der Waals surface area (Å²) in [5, 5.41) is 2.00. The number of rotatable bonds is 3. The third-order valence-corrected chi connectivity index (χ3v) is 4.70. The van der Waals surface area contributed by atoms with Crippen LogP contribution in [0.2, 0.25) is 0 Å². The zero-order valence-corrected chi connectivity index (χ0v) is 14.3. The number of thiophene rings is 1. The van der Waals surface area contributed by atoms with Crippen molar-refractivity contribution in [3.63, 3.8) is 0 Å². The van der Waals surface area contributed by atoms with Gasteiger partial charge in [-0.3, -0.25) is 0 Å². The summed E-state index contributed by atoms with van der Waals surface area (Å²) >= 11 is 5.07. The average molecular weight is 383 g/mol.